The highest BCUT2D eigenvalue weighted by molar-refractivity contribution is 6.09. The Hall–Kier alpha value is -3.35. The number of ketones is 1. The molecule has 2 aromatic carbocycles. The first-order chi connectivity index (χ1) is 17.0. The predicted octanol–water partition coefficient (Wildman–Crippen LogP) is 5.63. The van der Waals surface area contributed by atoms with Gasteiger partial charge in [-0.2, -0.15) is 0 Å². The molecule has 0 radical (unpaired) electrons. The van der Waals surface area contributed by atoms with Gasteiger partial charge in [-0.1, -0.05) is 0 Å². The summed E-state index contributed by atoms with van der Waals surface area (Å²) in [6, 6.07) is 14.0. The lowest BCUT2D eigenvalue weighted by Gasteiger charge is -2.21. The zero-order valence-electron chi connectivity index (χ0n) is 22.2. The maximum absolute atomic E-state index is 12.8. The molecule has 0 aliphatic rings. The third kappa shape index (κ3) is 8.40. The largest absolute Gasteiger partial charge is 0.494 e. The molecule has 36 heavy (non-hydrogen) atoms. The van der Waals surface area contributed by atoms with E-state index in [9.17, 15) is 14.4 Å². The van der Waals surface area contributed by atoms with Crippen molar-refractivity contribution in [1.82, 2.24) is 0 Å². The molecule has 0 saturated carbocycles. The van der Waals surface area contributed by atoms with Gasteiger partial charge in [-0.25, -0.2) is 0 Å². The van der Waals surface area contributed by atoms with E-state index in [-0.39, 0.29) is 17.7 Å². The number of rotatable bonds is 14. The molecule has 7 heteroatoms. The summed E-state index contributed by atoms with van der Waals surface area (Å²) in [7, 11) is 2.79. The van der Waals surface area contributed by atoms with Gasteiger partial charge >= 0.3 is 11.9 Å². The average molecular weight is 499 g/mol. The maximum atomic E-state index is 12.8. The highest BCUT2D eigenvalue weighted by Crippen LogP contribution is 2.25. The second-order valence-corrected chi connectivity index (χ2v) is 10.0. The van der Waals surface area contributed by atoms with Crippen molar-refractivity contribution in [2.75, 3.05) is 27.4 Å². The number of benzene rings is 2. The quantitative estimate of drug-likeness (QED) is 0.189. The normalized spacial score (nSPS) is 11.5. The van der Waals surface area contributed by atoms with Gasteiger partial charge < -0.3 is 18.9 Å². The van der Waals surface area contributed by atoms with Crippen LogP contribution in [0.2, 0.25) is 0 Å². The zero-order valence-corrected chi connectivity index (χ0v) is 22.2. The summed E-state index contributed by atoms with van der Waals surface area (Å²) in [4.78, 5) is 36.3. The lowest BCUT2D eigenvalue weighted by atomic mass is 9.88. The highest BCUT2D eigenvalue weighted by Gasteiger charge is 2.28. The van der Waals surface area contributed by atoms with Crippen LogP contribution in [0, 0.1) is 10.8 Å². The van der Waals surface area contributed by atoms with Crippen LogP contribution in [0.4, 0.5) is 0 Å². The van der Waals surface area contributed by atoms with Crippen molar-refractivity contribution in [3.05, 3.63) is 59.7 Å². The minimum Gasteiger partial charge on any atom is -0.494 e. The Labute approximate surface area is 214 Å². The fourth-order valence-electron chi connectivity index (χ4n) is 3.74. The van der Waals surface area contributed by atoms with Crippen LogP contribution in [0.3, 0.4) is 0 Å². The number of hydrogen-bond donors (Lipinski definition) is 0. The number of carbonyl (C=O) groups is 3. The van der Waals surface area contributed by atoms with Crippen LogP contribution in [0.25, 0.3) is 0 Å². The molecule has 0 fully saturated rings. The number of hydrogen-bond acceptors (Lipinski definition) is 7. The first-order valence-corrected chi connectivity index (χ1v) is 12.2. The van der Waals surface area contributed by atoms with Gasteiger partial charge in [0.2, 0.25) is 0 Å². The van der Waals surface area contributed by atoms with Crippen LogP contribution in [0.5, 0.6) is 11.5 Å². The standard InChI is InChI=1S/C29H38O7/c1-28(2,26(31)33-5)17-7-19-35-23-13-9-21(10-14-23)25(30)22-11-15-24(16-12-22)36-20-8-18-29(3,4)27(32)34-6/h9-16H,7-8,17-20H2,1-6H3. The van der Waals surface area contributed by atoms with Crippen molar-refractivity contribution in [3.63, 3.8) is 0 Å². The molecule has 2 aromatic rings. The fourth-order valence-corrected chi connectivity index (χ4v) is 3.74. The molecule has 0 saturated heterocycles. The van der Waals surface area contributed by atoms with Gasteiger partial charge in [-0.05, 0) is 102 Å². The van der Waals surface area contributed by atoms with Crippen LogP contribution >= 0.6 is 0 Å². The van der Waals surface area contributed by atoms with Gasteiger partial charge in [0, 0.05) is 11.1 Å². The van der Waals surface area contributed by atoms with Crippen molar-refractivity contribution in [2.24, 2.45) is 10.8 Å². The van der Waals surface area contributed by atoms with Crippen LogP contribution < -0.4 is 9.47 Å². The maximum Gasteiger partial charge on any atom is 0.311 e. The molecule has 0 bridgehead atoms. The summed E-state index contributed by atoms with van der Waals surface area (Å²) in [5, 5.41) is 0. The summed E-state index contributed by atoms with van der Waals surface area (Å²) < 4.78 is 21.1. The predicted molar refractivity (Wildman–Crippen MR) is 137 cm³/mol. The lowest BCUT2D eigenvalue weighted by molar-refractivity contribution is -0.152. The molecule has 0 unspecified atom stereocenters. The molecule has 0 aliphatic heterocycles. The van der Waals surface area contributed by atoms with E-state index >= 15 is 0 Å². The van der Waals surface area contributed by atoms with Crippen molar-refractivity contribution in [3.8, 4) is 11.5 Å². The number of methoxy groups -OCH3 is 2. The van der Waals surface area contributed by atoms with Crippen LogP contribution in [-0.4, -0.2) is 45.2 Å². The summed E-state index contributed by atoms with van der Waals surface area (Å²) >= 11 is 0. The van der Waals surface area contributed by atoms with E-state index in [1.165, 1.54) is 14.2 Å². The summed E-state index contributed by atoms with van der Waals surface area (Å²) in [6.07, 6.45) is 2.73. The van der Waals surface area contributed by atoms with Crippen molar-refractivity contribution < 1.29 is 33.3 Å². The van der Waals surface area contributed by atoms with E-state index in [1.807, 2.05) is 27.7 Å². The number of ether oxygens (including phenoxy) is 4. The van der Waals surface area contributed by atoms with Gasteiger partial charge in [-0.15, -0.1) is 0 Å². The highest BCUT2D eigenvalue weighted by atomic mass is 16.5. The first-order valence-electron chi connectivity index (χ1n) is 12.2. The minimum absolute atomic E-state index is 0.0900. The van der Waals surface area contributed by atoms with E-state index < -0.39 is 10.8 Å². The van der Waals surface area contributed by atoms with Gasteiger partial charge in [0.05, 0.1) is 38.3 Å². The Morgan fingerprint density at radius 3 is 1.25 bits per heavy atom. The monoisotopic (exact) mass is 498 g/mol. The van der Waals surface area contributed by atoms with Crippen LogP contribution in [0.1, 0.15) is 69.3 Å². The summed E-state index contributed by atoms with van der Waals surface area (Å²) in [5.74, 6) is 0.783. The Bertz CT molecular complexity index is 923. The fraction of sp³-hybridized carbons (Fsp3) is 0.483. The Morgan fingerprint density at radius 1 is 0.611 bits per heavy atom. The number of carbonyl (C=O) groups excluding carboxylic acids is 3. The molecule has 0 spiro atoms. The molecule has 196 valence electrons. The Kier molecular flexibility index (Phi) is 10.5. The summed E-state index contributed by atoms with van der Waals surface area (Å²) in [5.41, 5.74) is 0.0352. The van der Waals surface area contributed by atoms with E-state index in [2.05, 4.69) is 0 Å². The Morgan fingerprint density at radius 2 is 0.944 bits per heavy atom. The van der Waals surface area contributed by atoms with E-state index in [1.54, 1.807) is 48.5 Å². The molecule has 2 rings (SSSR count). The van der Waals surface area contributed by atoms with Crippen LogP contribution in [-0.2, 0) is 19.1 Å². The van der Waals surface area contributed by atoms with Crippen molar-refractivity contribution >= 4 is 17.7 Å². The van der Waals surface area contributed by atoms with Gasteiger partial charge in [0.25, 0.3) is 0 Å². The van der Waals surface area contributed by atoms with Crippen molar-refractivity contribution in [1.29, 1.82) is 0 Å². The average Bonchev–Trinajstić information content (AvgIpc) is 2.88. The smallest absolute Gasteiger partial charge is 0.311 e. The SMILES string of the molecule is COC(=O)C(C)(C)CCCOc1ccc(C(=O)c2ccc(OCCCC(C)(C)C(=O)OC)cc2)cc1. The molecule has 0 aromatic heterocycles. The van der Waals surface area contributed by atoms with Gasteiger partial charge in [0.15, 0.2) is 5.78 Å². The van der Waals surface area contributed by atoms with Crippen molar-refractivity contribution in [2.45, 2.75) is 53.4 Å². The third-order valence-electron chi connectivity index (χ3n) is 6.14. The van der Waals surface area contributed by atoms with E-state index in [0.717, 1.165) is 0 Å². The summed E-state index contributed by atoms with van der Waals surface area (Å²) in [6.45, 7) is 8.35. The molecule has 0 N–H and O–H groups in total. The van der Waals surface area contributed by atoms with E-state index in [0.29, 0.717) is 61.5 Å². The molecular formula is C29H38O7. The molecule has 0 heterocycles. The van der Waals surface area contributed by atoms with Gasteiger partial charge in [-0.3, -0.25) is 14.4 Å². The first kappa shape index (κ1) is 28.9. The molecule has 0 atom stereocenters. The molecule has 0 aliphatic carbocycles. The molecular weight excluding hydrogens is 460 g/mol. The molecule has 7 nitrogen and oxygen atoms in total. The second kappa shape index (κ2) is 13.1. The second-order valence-electron chi connectivity index (χ2n) is 10.0. The minimum atomic E-state index is -0.545. The topological polar surface area (TPSA) is 88.1 Å². The molecule has 0 amide bonds. The van der Waals surface area contributed by atoms with Gasteiger partial charge in [0.1, 0.15) is 11.5 Å². The lowest BCUT2D eigenvalue weighted by Crippen LogP contribution is -2.26. The third-order valence-corrected chi connectivity index (χ3v) is 6.14. The zero-order chi connectivity index (χ0) is 26.8. The number of esters is 2. The van der Waals surface area contributed by atoms with Crippen LogP contribution in [0.15, 0.2) is 48.5 Å². The Balaban J connectivity index is 1.81. The van der Waals surface area contributed by atoms with E-state index in [4.69, 9.17) is 18.9 Å².